The van der Waals surface area contributed by atoms with Crippen LogP contribution in [0.5, 0.6) is 0 Å². The topological polar surface area (TPSA) is 111 Å². The Morgan fingerprint density at radius 3 is 2.75 bits per heavy atom. The number of rotatable bonds is 6. The van der Waals surface area contributed by atoms with E-state index in [1.807, 2.05) is 0 Å². The fourth-order valence-corrected chi connectivity index (χ4v) is 3.60. The summed E-state index contributed by atoms with van der Waals surface area (Å²) in [5, 5.41) is 9.97. The number of carbonyl (C=O) groups is 1. The summed E-state index contributed by atoms with van der Waals surface area (Å²) in [4.78, 5) is 12.1. The number of ether oxygens (including phenoxy) is 1. The molecule has 1 saturated heterocycles. The second kappa shape index (κ2) is 7.10. The number of sulfone groups is 1. The summed E-state index contributed by atoms with van der Waals surface area (Å²) in [6.07, 6.45) is 1.29. The van der Waals surface area contributed by atoms with Gasteiger partial charge >= 0.3 is 6.01 Å². The van der Waals surface area contributed by atoms with Crippen molar-refractivity contribution >= 4 is 21.8 Å². The maximum atomic E-state index is 12.1. The lowest BCUT2D eigenvalue weighted by Crippen LogP contribution is -2.17. The summed E-state index contributed by atoms with van der Waals surface area (Å²) in [7, 11) is -3.50. The molecule has 1 amide bonds. The molecule has 2 aromatic rings. The van der Waals surface area contributed by atoms with E-state index in [0.29, 0.717) is 12.5 Å². The number of benzene rings is 1. The van der Waals surface area contributed by atoms with E-state index < -0.39 is 15.7 Å². The summed E-state index contributed by atoms with van der Waals surface area (Å²) in [6.45, 7) is 0.645. The standard InChI is InChI=1S/C15H17N3O5S/c19-13(8-10-24(20,21)11-5-2-1-3-6-11)16-15-18-17-14(23-15)12-7-4-9-22-12/h1-3,5-6,12H,4,7-10H2,(H,16,18,19). The lowest BCUT2D eigenvalue weighted by atomic mass is 10.2. The highest BCUT2D eigenvalue weighted by molar-refractivity contribution is 7.91. The highest BCUT2D eigenvalue weighted by atomic mass is 32.2. The third-order valence-electron chi connectivity index (χ3n) is 3.59. The minimum atomic E-state index is -3.50. The zero-order valence-corrected chi connectivity index (χ0v) is 13.7. The molecular formula is C15H17N3O5S. The molecule has 128 valence electrons. The Bertz CT molecular complexity index is 798. The molecule has 1 aliphatic heterocycles. The van der Waals surface area contributed by atoms with Crippen molar-refractivity contribution in [3.63, 3.8) is 0 Å². The molecule has 3 rings (SSSR count). The number of aromatic nitrogens is 2. The minimum absolute atomic E-state index is 0.0531. The van der Waals surface area contributed by atoms with Crippen LogP contribution in [0.3, 0.4) is 0 Å². The van der Waals surface area contributed by atoms with Crippen LogP contribution >= 0.6 is 0 Å². The molecule has 0 bridgehead atoms. The average Bonchev–Trinajstić information content (AvgIpc) is 3.25. The summed E-state index contributed by atoms with van der Waals surface area (Å²) in [6, 6.07) is 7.95. The van der Waals surface area contributed by atoms with Gasteiger partial charge in [0, 0.05) is 13.0 Å². The van der Waals surface area contributed by atoms with Crippen LogP contribution in [0.25, 0.3) is 0 Å². The first-order valence-corrected chi connectivity index (χ1v) is 9.22. The lowest BCUT2D eigenvalue weighted by Gasteiger charge is -2.04. The van der Waals surface area contributed by atoms with Gasteiger partial charge in [-0.05, 0) is 25.0 Å². The highest BCUT2D eigenvalue weighted by Gasteiger charge is 2.24. The molecule has 0 saturated carbocycles. The number of nitrogens with zero attached hydrogens (tertiary/aromatic N) is 2. The van der Waals surface area contributed by atoms with Gasteiger partial charge in [0.25, 0.3) is 0 Å². The van der Waals surface area contributed by atoms with Crippen LogP contribution in [0.4, 0.5) is 6.01 Å². The fourth-order valence-electron chi connectivity index (χ4n) is 2.34. The van der Waals surface area contributed by atoms with Gasteiger partial charge in [-0.1, -0.05) is 23.3 Å². The van der Waals surface area contributed by atoms with Crippen molar-refractivity contribution in [1.82, 2.24) is 10.2 Å². The number of anilines is 1. The average molecular weight is 351 g/mol. The van der Waals surface area contributed by atoms with Gasteiger partial charge in [-0.2, -0.15) is 0 Å². The number of hydrogen-bond acceptors (Lipinski definition) is 7. The van der Waals surface area contributed by atoms with Crippen LogP contribution in [0, 0.1) is 0 Å². The molecule has 2 heterocycles. The molecule has 9 heteroatoms. The smallest absolute Gasteiger partial charge is 0.322 e. The maximum Gasteiger partial charge on any atom is 0.322 e. The van der Waals surface area contributed by atoms with Crippen LogP contribution in [-0.2, 0) is 19.4 Å². The van der Waals surface area contributed by atoms with Crippen LogP contribution in [-0.4, -0.2) is 36.9 Å². The lowest BCUT2D eigenvalue weighted by molar-refractivity contribution is -0.116. The van der Waals surface area contributed by atoms with Gasteiger partial charge in [0.15, 0.2) is 9.84 Å². The van der Waals surface area contributed by atoms with Gasteiger partial charge in [0.05, 0.1) is 10.6 Å². The molecule has 0 spiro atoms. The third kappa shape index (κ3) is 3.98. The maximum absolute atomic E-state index is 12.1. The van der Waals surface area contributed by atoms with Crippen LogP contribution in [0.15, 0.2) is 39.6 Å². The Kier molecular flexibility index (Phi) is 4.91. The highest BCUT2D eigenvalue weighted by Crippen LogP contribution is 2.28. The molecule has 24 heavy (non-hydrogen) atoms. The number of amides is 1. The number of nitrogens with one attached hydrogen (secondary N) is 1. The van der Waals surface area contributed by atoms with Crippen molar-refractivity contribution in [2.75, 3.05) is 17.7 Å². The molecule has 1 aromatic heterocycles. The fraction of sp³-hybridized carbons (Fsp3) is 0.400. The predicted octanol–water partition coefficient (Wildman–Crippen LogP) is 1.72. The normalized spacial score (nSPS) is 17.8. The molecule has 0 radical (unpaired) electrons. The summed E-state index contributed by atoms with van der Waals surface area (Å²) < 4.78 is 35.0. The van der Waals surface area contributed by atoms with Crippen molar-refractivity contribution in [2.45, 2.75) is 30.3 Å². The van der Waals surface area contributed by atoms with Crippen molar-refractivity contribution in [3.8, 4) is 0 Å². The molecule has 1 unspecified atom stereocenters. The summed E-state index contributed by atoms with van der Waals surface area (Å²) in [5.74, 6) is -0.480. The van der Waals surface area contributed by atoms with E-state index >= 15 is 0 Å². The molecule has 1 atom stereocenters. The SMILES string of the molecule is O=C(CCS(=O)(=O)c1ccccc1)Nc1nnc(C2CCCO2)o1. The van der Waals surface area contributed by atoms with E-state index in [4.69, 9.17) is 9.15 Å². The van der Waals surface area contributed by atoms with E-state index in [2.05, 4.69) is 15.5 Å². The monoisotopic (exact) mass is 351 g/mol. The zero-order valence-electron chi connectivity index (χ0n) is 12.8. The molecule has 8 nitrogen and oxygen atoms in total. The van der Waals surface area contributed by atoms with Crippen molar-refractivity contribution in [1.29, 1.82) is 0 Å². The van der Waals surface area contributed by atoms with Crippen molar-refractivity contribution < 1.29 is 22.4 Å². The summed E-state index contributed by atoms with van der Waals surface area (Å²) >= 11 is 0. The Hall–Kier alpha value is -2.26. The van der Waals surface area contributed by atoms with Crippen LogP contribution in [0.1, 0.15) is 31.3 Å². The molecule has 1 aliphatic rings. The van der Waals surface area contributed by atoms with Gasteiger partial charge in [0.1, 0.15) is 6.10 Å². The first-order chi connectivity index (χ1) is 11.5. The zero-order chi connectivity index (χ0) is 17.0. The van der Waals surface area contributed by atoms with Gasteiger partial charge in [0.2, 0.25) is 11.8 Å². The van der Waals surface area contributed by atoms with Gasteiger partial charge in [-0.3, -0.25) is 10.1 Å². The van der Waals surface area contributed by atoms with E-state index in [-0.39, 0.29) is 29.2 Å². The van der Waals surface area contributed by atoms with Crippen LogP contribution in [0.2, 0.25) is 0 Å². The third-order valence-corrected chi connectivity index (χ3v) is 5.32. The number of carbonyl (C=O) groups excluding carboxylic acids is 1. The molecule has 1 aromatic carbocycles. The van der Waals surface area contributed by atoms with Crippen molar-refractivity contribution in [3.05, 3.63) is 36.2 Å². The first kappa shape index (κ1) is 16.6. The summed E-state index contributed by atoms with van der Waals surface area (Å²) in [5.41, 5.74) is 0. The Morgan fingerprint density at radius 2 is 2.04 bits per heavy atom. The quantitative estimate of drug-likeness (QED) is 0.843. The Labute approximate surface area is 139 Å². The first-order valence-electron chi connectivity index (χ1n) is 7.57. The Morgan fingerprint density at radius 1 is 1.25 bits per heavy atom. The predicted molar refractivity (Wildman–Crippen MR) is 84.0 cm³/mol. The number of hydrogen-bond donors (Lipinski definition) is 1. The van der Waals surface area contributed by atoms with Crippen molar-refractivity contribution in [2.24, 2.45) is 0 Å². The Balaban J connectivity index is 1.54. The van der Waals surface area contributed by atoms with E-state index in [0.717, 1.165) is 12.8 Å². The van der Waals surface area contributed by atoms with Crippen LogP contribution < -0.4 is 5.32 Å². The minimum Gasteiger partial charge on any atom is -0.405 e. The largest absolute Gasteiger partial charge is 0.405 e. The van der Waals surface area contributed by atoms with Gasteiger partial charge in [-0.25, -0.2) is 8.42 Å². The second-order valence-electron chi connectivity index (χ2n) is 5.38. The van der Waals surface area contributed by atoms with E-state index in [1.165, 1.54) is 12.1 Å². The van der Waals surface area contributed by atoms with Gasteiger partial charge < -0.3 is 9.15 Å². The molecular weight excluding hydrogens is 334 g/mol. The van der Waals surface area contributed by atoms with E-state index in [1.54, 1.807) is 18.2 Å². The molecule has 1 fully saturated rings. The van der Waals surface area contributed by atoms with E-state index in [9.17, 15) is 13.2 Å². The molecule has 1 N–H and O–H groups in total. The molecule has 0 aliphatic carbocycles. The van der Waals surface area contributed by atoms with Gasteiger partial charge in [-0.15, -0.1) is 5.10 Å². The second-order valence-corrected chi connectivity index (χ2v) is 7.49.